The molecule has 0 heterocycles. The number of phenolic OH excluding ortho intramolecular Hbond substituents is 1. The van der Waals surface area contributed by atoms with Gasteiger partial charge in [0.05, 0.1) is 18.7 Å². The van der Waals surface area contributed by atoms with Gasteiger partial charge in [-0.15, -0.1) is 0 Å². The molecule has 0 unspecified atom stereocenters. The first-order valence-electron chi connectivity index (χ1n) is 4.38. The molecule has 0 fully saturated rings. The molecule has 0 aromatic heterocycles. The van der Waals surface area contributed by atoms with Gasteiger partial charge in [0, 0.05) is 18.1 Å². The topological polar surface area (TPSA) is 70.3 Å². The average molecular weight is 205 g/mol. The standard InChI is InChI=1S/C11H11NO3/c1-7(13)3-9-4-8(6-12)5-10(15-2)11(9)14/h4-5,14H,3H2,1-2H3. The zero-order chi connectivity index (χ0) is 11.4. The van der Waals surface area contributed by atoms with E-state index in [-0.39, 0.29) is 23.7 Å². The second kappa shape index (κ2) is 4.47. The number of benzene rings is 1. The predicted octanol–water partition coefficient (Wildman–Crippen LogP) is 1.40. The van der Waals surface area contributed by atoms with Crippen LogP contribution in [0.15, 0.2) is 12.1 Å². The second-order valence-electron chi connectivity index (χ2n) is 3.18. The number of aromatic hydroxyl groups is 1. The summed E-state index contributed by atoms with van der Waals surface area (Å²) in [7, 11) is 1.40. The Kier molecular flexibility index (Phi) is 3.29. The number of hydrogen-bond donors (Lipinski definition) is 1. The lowest BCUT2D eigenvalue weighted by atomic mass is 10.0. The van der Waals surface area contributed by atoms with E-state index in [0.717, 1.165) is 0 Å². The highest BCUT2D eigenvalue weighted by Gasteiger charge is 2.11. The fraction of sp³-hybridized carbons (Fsp3) is 0.273. The smallest absolute Gasteiger partial charge is 0.162 e. The van der Waals surface area contributed by atoms with E-state index in [1.807, 2.05) is 6.07 Å². The van der Waals surface area contributed by atoms with Crippen LogP contribution >= 0.6 is 0 Å². The minimum atomic E-state index is -0.0811. The van der Waals surface area contributed by atoms with Crippen LogP contribution in [0.4, 0.5) is 0 Å². The van der Waals surface area contributed by atoms with Crippen molar-refractivity contribution in [3.05, 3.63) is 23.3 Å². The number of Topliss-reactive ketones (excluding diaryl/α,β-unsaturated/α-hetero) is 1. The van der Waals surface area contributed by atoms with Gasteiger partial charge in [-0.3, -0.25) is 4.79 Å². The van der Waals surface area contributed by atoms with Crippen LogP contribution in [0.1, 0.15) is 18.1 Å². The first-order chi connectivity index (χ1) is 7.08. The third-order valence-corrected chi connectivity index (χ3v) is 1.94. The number of nitriles is 1. The third kappa shape index (κ3) is 2.47. The van der Waals surface area contributed by atoms with Crippen molar-refractivity contribution in [1.82, 2.24) is 0 Å². The van der Waals surface area contributed by atoms with Crippen LogP contribution in [0.3, 0.4) is 0 Å². The molecule has 0 aliphatic carbocycles. The van der Waals surface area contributed by atoms with E-state index in [0.29, 0.717) is 11.1 Å². The molecule has 0 spiro atoms. The first kappa shape index (κ1) is 11.1. The monoisotopic (exact) mass is 205 g/mol. The van der Waals surface area contributed by atoms with Crippen molar-refractivity contribution in [2.24, 2.45) is 0 Å². The van der Waals surface area contributed by atoms with E-state index < -0.39 is 0 Å². The molecule has 0 amide bonds. The zero-order valence-electron chi connectivity index (χ0n) is 8.57. The van der Waals surface area contributed by atoms with Gasteiger partial charge >= 0.3 is 0 Å². The van der Waals surface area contributed by atoms with Gasteiger partial charge < -0.3 is 9.84 Å². The van der Waals surface area contributed by atoms with E-state index in [4.69, 9.17) is 10.00 Å². The van der Waals surface area contributed by atoms with Crippen LogP contribution in [0.5, 0.6) is 11.5 Å². The van der Waals surface area contributed by atoms with Gasteiger partial charge in [0.1, 0.15) is 5.78 Å². The van der Waals surface area contributed by atoms with Crippen LogP contribution in [-0.4, -0.2) is 18.0 Å². The molecule has 0 atom stereocenters. The molecule has 4 nitrogen and oxygen atoms in total. The van der Waals surface area contributed by atoms with E-state index in [9.17, 15) is 9.90 Å². The molecule has 0 saturated carbocycles. The number of rotatable bonds is 3. The van der Waals surface area contributed by atoms with Gasteiger partial charge in [-0.25, -0.2) is 0 Å². The Morgan fingerprint density at radius 1 is 1.60 bits per heavy atom. The van der Waals surface area contributed by atoms with Gasteiger partial charge in [0.25, 0.3) is 0 Å². The molecule has 1 aromatic carbocycles. The number of ketones is 1. The number of carbonyl (C=O) groups is 1. The summed E-state index contributed by atoms with van der Waals surface area (Å²) in [6, 6.07) is 4.86. The predicted molar refractivity (Wildman–Crippen MR) is 53.8 cm³/mol. The molecule has 4 heteroatoms. The Hall–Kier alpha value is -2.02. The average Bonchev–Trinajstić information content (AvgIpc) is 2.20. The molecule has 15 heavy (non-hydrogen) atoms. The van der Waals surface area contributed by atoms with Crippen molar-refractivity contribution in [1.29, 1.82) is 5.26 Å². The molecule has 1 aromatic rings. The van der Waals surface area contributed by atoms with Crippen LogP contribution in [-0.2, 0) is 11.2 Å². The molecule has 0 aliphatic heterocycles. The third-order valence-electron chi connectivity index (χ3n) is 1.94. The number of methoxy groups -OCH3 is 1. The molecular formula is C11H11NO3. The lowest BCUT2D eigenvalue weighted by molar-refractivity contribution is -0.116. The zero-order valence-corrected chi connectivity index (χ0v) is 8.57. The normalized spacial score (nSPS) is 9.40. The molecule has 0 saturated heterocycles. The van der Waals surface area contributed by atoms with E-state index in [1.165, 1.54) is 26.2 Å². The molecule has 1 rings (SSSR count). The quantitative estimate of drug-likeness (QED) is 0.809. The summed E-state index contributed by atoms with van der Waals surface area (Å²) in [6.07, 6.45) is 0.0950. The summed E-state index contributed by atoms with van der Waals surface area (Å²) in [5, 5.41) is 18.4. The minimum absolute atomic E-state index is 0.0771. The highest BCUT2D eigenvalue weighted by molar-refractivity contribution is 5.79. The fourth-order valence-electron chi connectivity index (χ4n) is 1.29. The summed E-state index contributed by atoms with van der Waals surface area (Å²) in [6.45, 7) is 1.42. The largest absolute Gasteiger partial charge is 0.504 e. The Balaban J connectivity index is 3.25. The van der Waals surface area contributed by atoms with Gasteiger partial charge in [-0.1, -0.05) is 0 Å². The van der Waals surface area contributed by atoms with Gasteiger partial charge in [0.15, 0.2) is 11.5 Å². The summed E-state index contributed by atoms with van der Waals surface area (Å²) in [5.74, 6) is 0.0550. The molecule has 0 bridgehead atoms. The lowest BCUT2D eigenvalue weighted by Crippen LogP contribution is -1.98. The maximum atomic E-state index is 10.9. The maximum Gasteiger partial charge on any atom is 0.162 e. The lowest BCUT2D eigenvalue weighted by Gasteiger charge is -2.08. The van der Waals surface area contributed by atoms with Crippen molar-refractivity contribution < 1.29 is 14.6 Å². The molecule has 1 N–H and O–H groups in total. The number of hydrogen-bond acceptors (Lipinski definition) is 4. The van der Waals surface area contributed by atoms with Crippen molar-refractivity contribution >= 4 is 5.78 Å². The number of phenols is 1. The van der Waals surface area contributed by atoms with E-state index in [1.54, 1.807) is 0 Å². The molecule has 78 valence electrons. The maximum absolute atomic E-state index is 10.9. The van der Waals surface area contributed by atoms with Crippen LogP contribution in [0, 0.1) is 11.3 Å². The Labute approximate surface area is 87.7 Å². The number of nitrogens with zero attached hydrogens (tertiary/aromatic N) is 1. The van der Waals surface area contributed by atoms with Crippen LogP contribution < -0.4 is 4.74 Å². The van der Waals surface area contributed by atoms with Crippen LogP contribution in [0.25, 0.3) is 0 Å². The SMILES string of the molecule is COc1cc(C#N)cc(CC(C)=O)c1O. The van der Waals surface area contributed by atoms with Crippen LogP contribution in [0.2, 0.25) is 0 Å². The van der Waals surface area contributed by atoms with Gasteiger partial charge in [-0.05, 0) is 13.0 Å². The van der Waals surface area contributed by atoms with Gasteiger partial charge in [0.2, 0.25) is 0 Å². The van der Waals surface area contributed by atoms with E-state index in [2.05, 4.69) is 0 Å². The van der Waals surface area contributed by atoms with Crippen molar-refractivity contribution in [3.63, 3.8) is 0 Å². The number of ether oxygens (including phenoxy) is 1. The summed E-state index contributed by atoms with van der Waals surface area (Å²) in [5.41, 5.74) is 0.777. The highest BCUT2D eigenvalue weighted by atomic mass is 16.5. The summed E-state index contributed by atoms with van der Waals surface area (Å²) >= 11 is 0. The van der Waals surface area contributed by atoms with Crippen molar-refractivity contribution in [2.45, 2.75) is 13.3 Å². The van der Waals surface area contributed by atoms with Gasteiger partial charge in [-0.2, -0.15) is 5.26 Å². The molecule has 0 radical (unpaired) electrons. The van der Waals surface area contributed by atoms with Crippen molar-refractivity contribution in [2.75, 3.05) is 7.11 Å². The molecule has 0 aliphatic rings. The Morgan fingerprint density at radius 3 is 2.73 bits per heavy atom. The Morgan fingerprint density at radius 2 is 2.27 bits per heavy atom. The summed E-state index contributed by atoms with van der Waals surface area (Å²) < 4.78 is 4.90. The Bertz CT molecular complexity index is 432. The number of carbonyl (C=O) groups excluding carboxylic acids is 1. The first-order valence-corrected chi connectivity index (χ1v) is 4.38. The minimum Gasteiger partial charge on any atom is -0.504 e. The van der Waals surface area contributed by atoms with Crippen molar-refractivity contribution in [3.8, 4) is 17.6 Å². The summed E-state index contributed by atoms with van der Waals surface area (Å²) in [4.78, 5) is 10.9. The second-order valence-corrected chi connectivity index (χ2v) is 3.18. The molecular weight excluding hydrogens is 194 g/mol. The fourth-order valence-corrected chi connectivity index (χ4v) is 1.29. The van der Waals surface area contributed by atoms with E-state index >= 15 is 0 Å². The highest BCUT2D eigenvalue weighted by Crippen LogP contribution is 2.31.